The maximum atomic E-state index is 12.0. The second-order valence-corrected chi connectivity index (χ2v) is 5.11. The number of amides is 2. The largest absolute Gasteiger partial charge is 0.480 e. The summed E-state index contributed by atoms with van der Waals surface area (Å²) in [6, 6.07) is -1.09. The van der Waals surface area contributed by atoms with Crippen molar-refractivity contribution >= 4 is 18.3 Å². The summed E-state index contributed by atoms with van der Waals surface area (Å²) < 4.78 is 5.38. The average molecular weight is 286 g/mol. The molecule has 1 rings (SSSR count). The lowest BCUT2D eigenvalue weighted by molar-refractivity contribution is -0.143. The predicted octanol–water partition coefficient (Wildman–Crippen LogP) is -0.152. The van der Waals surface area contributed by atoms with Gasteiger partial charge in [0.05, 0.1) is 18.1 Å². The van der Waals surface area contributed by atoms with Crippen molar-refractivity contribution in [3.8, 4) is 0 Å². The van der Waals surface area contributed by atoms with Crippen molar-refractivity contribution in [2.24, 2.45) is 5.92 Å². The Morgan fingerprint density at radius 3 is 2.60 bits per heavy atom. The van der Waals surface area contributed by atoms with Gasteiger partial charge in [-0.25, -0.2) is 0 Å². The first-order valence-corrected chi connectivity index (χ1v) is 6.69. The molecule has 1 saturated heterocycles. The molecule has 1 aliphatic rings. The number of hydrogen-bond acceptors (Lipinski definition) is 4. The summed E-state index contributed by atoms with van der Waals surface area (Å²) in [5.41, 5.74) is 0. The van der Waals surface area contributed by atoms with Crippen molar-refractivity contribution in [3.63, 3.8) is 0 Å². The standard InChI is InChI=1S/C13H22N2O5/c1-8(12(17)14-9(2)13(18)19)11(20-3)10-5-4-6-15(10)7-16/h7-11H,4-6H2,1-3H3,(H,14,17)(H,18,19)/t8?,9-,10?,11?/m0/s1. The van der Waals surface area contributed by atoms with Gasteiger partial charge in [0.1, 0.15) is 6.04 Å². The average Bonchev–Trinajstić information content (AvgIpc) is 2.87. The maximum Gasteiger partial charge on any atom is 0.325 e. The normalized spacial score (nSPS) is 22.9. The number of nitrogens with one attached hydrogen (secondary N) is 1. The Morgan fingerprint density at radius 1 is 1.45 bits per heavy atom. The minimum Gasteiger partial charge on any atom is -0.480 e. The van der Waals surface area contributed by atoms with E-state index in [-0.39, 0.29) is 11.9 Å². The fourth-order valence-corrected chi connectivity index (χ4v) is 2.55. The Kier molecular flexibility index (Phi) is 5.94. The number of methoxy groups -OCH3 is 1. The number of carboxylic acids is 1. The number of aliphatic carboxylic acids is 1. The number of carbonyl (C=O) groups is 3. The lowest BCUT2D eigenvalue weighted by atomic mass is 9.95. The Hall–Kier alpha value is -1.63. The zero-order valence-corrected chi connectivity index (χ0v) is 12.0. The van der Waals surface area contributed by atoms with Crippen LogP contribution in [0.25, 0.3) is 0 Å². The molecule has 0 bridgehead atoms. The van der Waals surface area contributed by atoms with Gasteiger partial charge in [-0.3, -0.25) is 14.4 Å². The van der Waals surface area contributed by atoms with Crippen molar-refractivity contribution in [2.75, 3.05) is 13.7 Å². The molecule has 3 unspecified atom stereocenters. The minimum atomic E-state index is -1.09. The Morgan fingerprint density at radius 2 is 2.10 bits per heavy atom. The third-order valence-corrected chi connectivity index (χ3v) is 3.76. The van der Waals surface area contributed by atoms with Crippen LogP contribution in [0.2, 0.25) is 0 Å². The summed E-state index contributed by atoms with van der Waals surface area (Å²) in [4.78, 5) is 35.4. The van der Waals surface area contributed by atoms with Gasteiger partial charge < -0.3 is 20.1 Å². The zero-order chi connectivity index (χ0) is 15.3. The number of carboxylic acid groups (broad SMARTS) is 1. The summed E-state index contributed by atoms with van der Waals surface area (Å²) in [6.07, 6.45) is 1.99. The molecule has 0 aromatic carbocycles. The van der Waals surface area contributed by atoms with Gasteiger partial charge in [0.15, 0.2) is 0 Å². The highest BCUT2D eigenvalue weighted by Gasteiger charge is 2.37. The first-order valence-electron chi connectivity index (χ1n) is 6.69. The summed E-state index contributed by atoms with van der Waals surface area (Å²) in [5.74, 6) is -2.01. The molecular formula is C13H22N2O5. The first-order chi connectivity index (χ1) is 9.42. The molecule has 20 heavy (non-hydrogen) atoms. The lowest BCUT2D eigenvalue weighted by Crippen LogP contribution is -2.50. The molecule has 1 aliphatic heterocycles. The highest BCUT2D eigenvalue weighted by atomic mass is 16.5. The van der Waals surface area contributed by atoms with Crippen LogP contribution in [0.1, 0.15) is 26.7 Å². The quantitative estimate of drug-likeness (QED) is 0.634. The zero-order valence-electron chi connectivity index (χ0n) is 12.0. The van der Waals surface area contributed by atoms with E-state index in [1.165, 1.54) is 14.0 Å². The van der Waals surface area contributed by atoms with Crippen molar-refractivity contribution in [1.82, 2.24) is 10.2 Å². The number of likely N-dealkylation sites (tertiary alicyclic amines) is 1. The van der Waals surface area contributed by atoms with Crippen LogP contribution >= 0.6 is 0 Å². The SMILES string of the molecule is COC(C(C)C(=O)N[C@@H](C)C(=O)O)C1CCCN1C=O. The van der Waals surface area contributed by atoms with Gasteiger partial charge in [0.2, 0.25) is 12.3 Å². The van der Waals surface area contributed by atoms with Crippen LogP contribution in [0.3, 0.4) is 0 Å². The van der Waals surface area contributed by atoms with Gasteiger partial charge in [-0.1, -0.05) is 6.92 Å². The van der Waals surface area contributed by atoms with E-state index in [4.69, 9.17) is 9.84 Å². The molecule has 4 atom stereocenters. The Labute approximate surface area is 118 Å². The van der Waals surface area contributed by atoms with E-state index in [0.29, 0.717) is 6.54 Å². The van der Waals surface area contributed by atoms with E-state index in [1.807, 2.05) is 0 Å². The molecule has 1 heterocycles. The molecule has 7 heteroatoms. The van der Waals surface area contributed by atoms with Crippen LogP contribution in [-0.4, -0.2) is 60.1 Å². The first kappa shape index (κ1) is 16.4. The molecule has 114 valence electrons. The van der Waals surface area contributed by atoms with Crippen LogP contribution < -0.4 is 5.32 Å². The van der Waals surface area contributed by atoms with E-state index in [0.717, 1.165) is 19.3 Å². The van der Waals surface area contributed by atoms with Crippen LogP contribution in [0.4, 0.5) is 0 Å². The molecule has 0 aromatic rings. The summed E-state index contributed by atoms with van der Waals surface area (Å²) >= 11 is 0. The minimum absolute atomic E-state index is 0.140. The van der Waals surface area contributed by atoms with Crippen LogP contribution in [0.5, 0.6) is 0 Å². The summed E-state index contributed by atoms with van der Waals surface area (Å²) in [6.45, 7) is 3.75. The lowest BCUT2D eigenvalue weighted by Gasteiger charge is -2.32. The molecule has 2 amide bonds. The molecule has 2 N–H and O–H groups in total. The van der Waals surface area contributed by atoms with E-state index in [1.54, 1.807) is 11.8 Å². The van der Waals surface area contributed by atoms with Gasteiger partial charge in [0, 0.05) is 13.7 Å². The molecule has 1 fully saturated rings. The van der Waals surface area contributed by atoms with Crippen LogP contribution in [0.15, 0.2) is 0 Å². The molecule has 0 radical (unpaired) electrons. The molecular weight excluding hydrogens is 264 g/mol. The van der Waals surface area contributed by atoms with Gasteiger partial charge >= 0.3 is 5.97 Å². The number of nitrogens with zero attached hydrogens (tertiary/aromatic N) is 1. The second-order valence-electron chi connectivity index (χ2n) is 5.11. The van der Waals surface area contributed by atoms with Crippen molar-refractivity contribution in [1.29, 1.82) is 0 Å². The Bertz CT molecular complexity index is 374. The number of rotatable bonds is 7. The van der Waals surface area contributed by atoms with Gasteiger partial charge in [-0.05, 0) is 19.8 Å². The molecule has 0 saturated carbocycles. The second kappa shape index (κ2) is 7.23. The highest BCUT2D eigenvalue weighted by molar-refractivity contribution is 5.84. The molecule has 0 aliphatic carbocycles. The monoisotopic (exact) mass is 286 g/mol. The third-order valence-electron chi connectivity index (χ3n) is 3.76. The van der Waals surface area contributed by atoms with E-state index < -0.39 is 24.0 Å². The smallest absolute Gasteiger partial charge is 0.325 e. The number of hydrogen-bond donors (Lipinski definition) is 2. The Balaban J connectivity index is 2.71. The third kappa shape index (κ3) is 3.69. The van der Waals surface area contributed by atoms with Gasteiger partial charge in [-0.2, -0.15) is 0 Å². The molecule has 0 aromatic heterocycles. The van der Waals surface area contributed by atoms with Crippen LogP contribution in [0, 0.1) is 5.92 Å². The maximum absolute atomic E-state index is 12.0. The topological polar surface area (TPSA) is 95.9 Å². The van der Waals surface area contributed by atoms with Crippen LogP contribution in [-0.2, 0) is 19.1 Å². The van der Waals surface area contributed by atoms with Crippen molar-refractivity contribution in [2.45, 2.75) is 44.9 Å². The molecule has 7 nitrogen and oxygen atoms in total. The summed E-state index contributed by atoms with van der Waals surface area (Å²) in [7, 11) is 1.50. The highest BCUT2D eigenvalue weighted by Crippen LogP contribution is 2.25. The fraction of sp³-hybridized carbons (Fsp3) is 0.769. The van der Waals surface area contributed by atoms with Crippen molar-refractivity contribution < 1.29 is 24.2 Å². The van der Waals surface area contributed by atoms with Gasteiger partial charge in [-0.15, -0.1) is 0 Å². The van der Waals surface area contributed by atoms with E-state index in [2.05, 4.69) is 5.32 Å². The van der Waals surface area contributed by atoms with E-state index in [9.17, 15) is 14.4 Å². The van der Waals surface area contributed by atoms with Gasteiger partial charge in [0.25, 0.3) is 0 Å². The molecule has 0 spiro atoms. The fourth-order valence-electron chi connectivity index (χ4n) is 2.55. The number of ether oxygens (including phenoxy) is 1. The number of carbonyl (C=O) groups excluding carboxylic acids is 2. The predicted molar refractivity (Wildman–Crippen MR) is 71.0 cm³/mol. The van der Waals surface area contributed by atoms with E-state index >= 15 is 0 Å². The van der Waals surface area contributed by atoms with Crippen molar-refractivity contribution in [3.05, 3.63) is 0 Å². The summed E-state index contributed by atoms with van der Waals surface area (Å²) in [5, 5.41) is 11.2.